The molecule has 12 heteroatoms. The zero-order valence-corrected chi connectivity index (χ0v) is 84.3. The van der Waals surface area contributed by atoms with Gasteiger partial charge in [-0.3, -0.25) is 19.2 Å². The summed E-state index contributed by atoms with van der Waals surface area (Å²) in [5.74, 6) is -2.19. The van der Waals surface area contributed by atoms with Crippen molar-refractivity contribution < 1.29 is 38.1 Å². The van der Waals surface area contributed by atoms with E-state index in [1.807, 2.05) is 41.5 Å². The van der Waals surface area contributed by atoms with Crippen LogP contribution in [-0.4, -0.2) is 55.0 Å². The number of carbonyl (C=O) groups excluding carboxylic acids is 4. The van der Waals surface area contributed by atoms with Gasteiger partial charge < -0.3 is 28.9 Å². The van der Waals surface area contributed by atoms with Gasteiger partial charge in [0, 0.05) is 44.3 Å². The number of rotatable bonds is 4. The molecule has 4 spiro atoms. The predicted molar refractivity (Wildman–Crippen MR) is 599 cm³/mol. The summed E-state index contributed by atoms with van der Waals surface area (Å²) in [6, 6.07) is 40.2. The van der Waals surface area contributed by atoms with E-state index in [9.17, 15) is 0 Å². The Balaban J connectivity index is 0.665. The maximum Gasteiger partial charge on any atom is 0.326 e. The Morgan fingerprint density at radius 3 is 0.649 bits per heavy atom. The van der Waals surface area contributed by atoms with Crippen molar-refractivity contribution in [3.8, 4) is 44.5 Å². The molecular formula is C136H82N4O8. The number of carbonyl (C=O) groups is 4. The molecule has 3 aromatic heterocycles. The number of fused-ring (bicyclic) bond motifs is 8. The highest BCUT2D eigenvalue weighted by Gasteiger charge is 3.04. The van der Waals surface area contributed by atoms with E-state index in [-0.39, 0.29) is 34.9 Å². The SMILES string of the molecule is CC(C)(C)OC(=O)C12C(=O)OCc3cccc(c3)-c3c4nc(c(-c5cc(C(C)(C)C)cc(C(C)(C)C)c5)c5ccc([nH]5)c(c5nc(c(-c6cc(C(C)(C)C)cc(C(C)(C)C)c6)c6ccc3[nH]6)C=C5)-c3cccc(c3)COC(=O)C3(C(=O)OC(C)(C)C)C56c7c8c9c%10c%11c%12c(c%13c%14c5c5c7c7c%15c8c8c9c9c%11c%11c%16c%17c%18c%19c%20c%21c%22c%23c%24c%25c%26c(c%17c%17c%27c%26c%26c%25c%25c%23c(c5c%25c%14c%26c%13c%27c%12c%17%11)c7c%22c%15c%20c8c%19c%169)C%181C%21%242)C%1036)C=C4. The van der Waals surface area contributed by atoms with Crippen molar-refractivity contribution in [1.82, 2.24) is 19.9 Å². The van der Waals surface area contributed by atoms with Gasteiger partial charge in [-0.1, -0.05) is 156 Å². The number of benzene rings is 20. The third-order valence-corrected chi connectivity index (χ3v) is 42.1. The van der Waals surface area contributed by atoms with Crippen LogP contribution in [0.3, 0.4) is 0 Å². The van der Waals surface area contributed by atoms with Crippen molar-refractivity contribution in [1.29, 1.82) is 0 Å². The molecule has 31 aromatic rings. The second-order valence-electron chi connectivity index (χ2n) is 54.2. The fraction of sp³-hybridized carbons (Fsp3) is 0.235. The van der Waals surface area contributed by atoms with Crippen molar-refractivity contribution in [3.63, 3.8) is 0 Å². The van der Waals surface area contributed by atoms with Crippen LogP contribution >= 0.6 is 0 Å². The molecule has 34 bridgehead atoms. The number of ether oxygens (including phenoxy) is 4. The summed E-state index contributed by atoms with van der Waals surface area (Å²) in [4.78, 5) is 96.5. The van der Waals surface area contributed by atoms with Crippen LogP contribution in [-0.2, 0) is 94.7 Å². The second-order valence-corrected chi connectivity index (χ2v) is 54.2. The molecule has 0 amide bonds. The first-order chi connectivity index (χ1) is 70.9. The normalized spacial score (nSPS) is 22.6. The van der Waals surface area contributed by atoms with Crippen LogP contribution in [0.4, 0.5) is 0 Å². The number of hydrogen-bond donors (Lipinski definition) is 2. The Labute approximate surface area is 838 Å². The molecule has 7 heterocycles. The van der Waals surface area contributed by atoms with E-state index in [1.165, 1.54) is 281 Å². The first-order valence-corrected chi connectivity index (χ1v) is 53.5. The zero-order valence-electron chi connectivity index (χ0n) is 84.3. The van der Waals surface area contributed by atoms with Crippen LogP contribution in [0.15, 0.2) is 109 Å². The summed E-state index contributed by atoms with van der Waals surface area (Å²) < 4.78 is 30.8. The van der Waals surface area contributed by atoms with E-state index in [4.69, 9.17) is 28.9 Å². The van der Waals surface area contributed by atoms with Gasteiger partial charge in [-0.25, -0.2) is 9.97 Å². The van der Waals surface area contributed by atoms with E-state index >= 15 is 19.2 Å². The molecule has 0 atom stereocenters. The largest absolute Gasteiger partial charge is 0.460 e. The van der Waals surface area contributed by atoms with Crippen LogP contribution in [0.2, 0.25) is 0 Å². The lowest BCUT2D eigenvalue weighted by atomic mass is 9.67. The number of H-pyrrole nitrogens is 2. The molecule has 694 valence electrons. The average molecular weight is 1900 g/mol. The molecule has 2 N–H and O–H groups in total. The maximum absolute atomic E-state index is 19.2. The first kappa shape index (κ1) is 74.9. The lowest BCUT2D eigenvalue weighted by Gasteiger charge is -2.32. The maximum atomic E-state index is 19.2. The number of hydrogen-bond acceptors (Lipinski definition) is 10. The minimum absolute atomic E-state index is 0.178. The van der Waals surface area contributed by atoms with E-state index in [0.29, 0.717) is 0 Å². The first-order valence-electron chi connectivity index (χ1n) is 53.5. The number of aromatic nitrogens is 4. The van der Waals surface area contributed by atoms with Crippen LogP contribution in [0.25, 0.3) is 349 Å². The van der Waals surface area contributed by atoms with Crippen molar-refractivity contribution in [3.05, 3.63) is 210 Å². The number of nitrogens with zero attached hydrogens (tertiary/aromatic N) is 2. The van der Waals surface area contributed by atoms with Gasteiger partial charge in [0.2, 0.25) is 0 Å². The van der Waals surface area contributed by atoms with E-state index in [2.05, 4.69) is 227 Å². The van der Waals surface area contributed by atoms with Crippen molar-refractivity contribution in [2.45, 2.75) is 192 Å². The number of aromatic amines is 2. The Morgan fingerprint density at radius 1 is 0.257 bits per heavy atom. The molecule has 28 aromatic carbocycles. The van der Waals surface area contributed by atoms with Gasteiger partial charge in [-0.15, -0.1) is 0 Å². The molecule has 45 rings (SSSR count). The monoisotopic (exact) mass is 1900 g/mol. The van der Waals surface area contributed by atoms with Gasteiger partial charge in [-0.05, 0) is 483 Å². The van der Waals surface area contributed by atoms with Gasteiger partial charge in [0.25, 0.3) is 0 Å². The Hall–Kier alpha value is -15.9. The van der Waals surface area contributed by atoms with E-state index in [1.54, 1.807) is 0 Å². The van der Waals surface area contributed by atoms with Crippen LogP contribution in [0.1, 0.15) is 225 Å². The van der Waals surface area contributed by atoms with Crippen LogP contribution in [0.5, 0.6) is 0 Å². The molecule has 0 saturated heterocycles. The molecule has 0 unspecified atom stereocenters. The molecule has 14 aliphatic rings. The zero-order chi connectivity index (χ0) is 98.0. The molecule has 10 aliphatic carbocycles. The second kappa shape index (κ2) is 19.9. The Bertz CT molecular complexity index is 11000. The lowest BCUT2D eigenvalue weighted by molar-refractivity contribution is -0.176. The summed E-state index contributed by atoms with van der Waals surface area (Å²) in [5.41, 5.74) is 15.5. The number of esters is 4. The van der Waals surface area contributed by atoms with Crippen molar-refractivity contribution >= 4 is 329 Å². The predicted octanol–water partition coefficient (Wildman–Crippen LogP) is 32.2. The standard InChI is InChI=1S/C136H82N4O8/c1-125(2,3)49-35-47(36-50(39-49)126(4,5)6)63-57-29-25-53(137-57)61-45-23-19-21-43(33-45)41-145-121(141)135(123(143)147-129(13,14)15)131-113-97-81-65-67-85-73-69(81)89-77-79-91-71-75-87-68-66-83(71)99(115(131)107(91)105(89)113)100-84(66)72-76-88(68)104-103(87)119-111(95(75)79)109(93(73)77)117-101(85)102-86(67)74-70-82(65)98(97)114-106-90(70)78-80(92(72)108(106)116(100)132(114,131)135)96(76)112-110(94(74)78)118(102)134(120(104)112)133(117,119)136(134,124(144)148-130(16,17)18)122(142)146-42-44-22-20-24-46(34-44)62(54-26-30-58(63)138-54)56-28-32-60(140-56)64(59-31-27-55(61)139-59)48-37-51(127(7,8)9)40-52(38-48)128(10,11)12/h19-40,137,140H,41-42H2,1-18H3. The smallest absolute Gasteiger partial charge is 0.326 e. The third-order valence-electron chi connectivity index (χ3n) is 42.1. The fourth-order valence-electron chi connectivity index (χ4n) is 38.6. The lowest BCUT2D eigenvalue weighted by Crippen LogP contribution is -2.41. The minimum atomic E-state index is -2.07. The summed E-state index contributed by atoms with van der Waals surface area (Å²) >= 11 is 0. The van der Waals surface area contributed by atoms with Gasteiger partial charge in [-0.2, -0.15) is 0 Å². The van der Waals surface area contributed by atoms with Crippen LogP contribution < -0.4 is 0 Å². The molecule has 4 aliphatic heterocycles. The minimum Gasteiger partial charge on any atom is -0.460 e. The highest BCUT2D eigenvalue weighted by molar-refractivity contribution is 6.78. The molecule has 2 fully saturated rings. The molecular weight excluding hydrogens is 1820 g/mol. The quantitative estimate of drug-likeness (QED) is 0.0750. The summed E-state index contributed by atoms with van der Waals surface area (Å²) in [7, 11) is 0. The Morgan fingerprint density at radius 2 is 0.453 bits per heavy atom. The molecule has 12 nitrogen and oxygen atoms in total. The van der Waals surface area contributed by atoms with Gasteiger partial charge in [0.1, 0.15) is 24.4 Å². The van der Waals surface area contributed by atoms with E-state index in [0.717, 1.165) is 145 Å². The summed E-state index contributed by atoms with van der Waals surface area (Å²) in [5, 5.41) is 58.9. The van der Waals surface area contributed by atoms with Gasteiger partial charge in [0.05, 0.1) is 44.4 Å². The third kappa shape index (κ3) is 6.06. The Kier molecular flexibility index (Phi) is 10.1. The van der Waals surface area contributed by atoms with Crippen molar-refractivity contribution in [2.24, 2.45) is 10.8 Å². The fourth-order valence-corrected chi connectivity index (χ4v) is 38.6. The average Bonchev–Trinajstić information content (AvgIpc) is 1.34. The summed E-state index contributed by atoms with van der Waals surface area (Å²) in [6.07, 6.45) is 8.72. The molecule has 148 heavy (non-hydrogen) atoms. The van der Waals surface area contributed by atoms with E-state index < -0.39 is 67.6 Å². The number of nitrogens with one attached hydrogen (secondary N) is 2. The summed E-state index contributed by atoms with van der Waals surface area (Å²) in [6.45, 7) is 39.1. The topological polar surface area (TPSA) is 163 Å². The van der Waals surface area contributed by atoms with Crippen LogP contribution in [0, 0.1) is 10.8 Å². The van der Waals surface area contributed by atoms with Gasteiger partial charge in [0.15, 0.2) is 10.8 Å². The van der Waals surface area contributed by atoms with Crippen molar-refractivity contribution in [2.75, 3.05) is 0 Å². The van der Waals surface area contributed by atoms with Gasteiger partial charge >= 0.3 is 23.9 Å². The highest BCUT2D eigenvalue weighted by atomic mass is 16.6. The molecule has 0 radical (unpaired) electrons. The highest BCUT2D eigenvalue weighted by Crippen LogP contribution is 3.00. The molecule has 2 saturated carbocycles.